The zero-order valence-electron chi connectivity index (χ0n) is 12.1. The van der Waals surface area contributed by atoms with Crippen LogP contribution in [0.15, 0.2) is 46.9 Å². The summed E-state index contributed by atoms with van der Waals surface area (Å²) in [6.07, 6.45) is 0. The Kier molecular flexibility index (Phi) is 5.32. The van der Waals surface area contributed by atoms with Crippen molar-refractivity contribution in [3.05, 3.63) is 59.5 Å². The van der Waals surface area contributed by atoms with Crippen LogP contribution >= 0.6 is 0 Å². The van der Waals surface area contributed by atoms with Crippen LogP contribution < -0.4 is 5.32 Å². The molecule has 2 rings (SSSR count). The molecule has 0 radical (unpaired) electrons. The first-order chi connectivity index (χ1) is 10.6. The molecule has 0 saturated carbocycles. The molecule has 0 saturated heterocycles. The predicted molar refractivity (Wildman–Crippen MR) is 78.3 cm³/mol. The van der Waals surface area contributed by atoms with E-state index in [-0.39, 0.29) is 18.9 Å². The van der Waals surface area contributed by atoms with Crippen LogP contribution in [0.2, 0.25) is 0 Å². The minimum absolute atomic E-state index is 0.102. The van der Waals surface area contributed by atoms with Crippen LogP contribution in [0.1, 0.15) is 34.8 Å². The standard InChI is InChI=1S/C16H17NO5/c1-2-21-16(20)13-9-8-12(22-13)10-17-14(15(18)19)11-6-4-3-5-7-11/h3-9,14,17H,2,10H2,1H3,(H,18,19)/t14-/m1/s1. The molecule has 1 aromatic carbocycles. The van der Waals surface area contributed by atoms with Crippen LogP contribution in [0.4, 0.5) is 0 Å². The van der Waals surface area contributed by atoms with E-state index in [4.69, 9.17) is 9.15 Å². The van der Waals surface area contributed by atoms with Gasteiger partial charge in [0.25, 0.3) is 0 Å². The second-order valence-electron chi connectivity index (χ2n) is 4.55. The maximum Gasteiger partial charge on any atom is 0.374 e. The summed E-state index contributed by atoms with van der Waals surface area (Å²) in [5.41, 5.74) is 0.646. The summed E-state index contributed by atoms with van der Waals surface area (Å²) in [6, 6.07) is 11.1. The van der Waals surface area contributed by atoms with Gasteiger partial charge in [-0.25, -0.2) is 4.79 Å². The van der Waals surface area contributed by atoms with E-state index in [1.807, 2.05) is 6.07 Å². The molecule has 22 heavy (non-hydrogen) atoms. The van der Waals surface area contributed by atoms with Crippen LogP contribution in [-0.4, -0.2) is 23.7 Å². The lowest BCUT2D eigenvalue weighted by Gasteiger charge is -2.13. The van der Waals surface area contributed by atoms with E-state index in [9.17, 15) is 14.7 Å². The Labute approximate surface area is 127 Å². The van der Waals surface area contributed by atoms with E-state index in [2.05, 4.69) is 5.32 Å². The van der Waals surface area contributed by atoms with Crippen LogP contribution in [-0.2, 0) is 16.1 Å². The van der Waals surface area contributed by atoms with E-state index in [1.54, 1.807) is 37.3 Å². The molecular weight excluding hydrogens is 286 g/mol. The van der Waals surface area contributed by atoms with Gasteiger partial charge < -0.3 is 14.3 Å². The first-order valence-electron chi connectivity index (χ1n) is 6.88. The average Bonchev–Trinajstić information content (AvgIpc) is 2.97. The third-order valence-corrected chi connectivity index (χ3v) is 3.00. The van der Waals surface area contributed by atoms with Crippen molar-refractivity contribution in [2.24, 2.45) is 0 Å². The summed E-state index contributed by atoms with van der Waals surface area (Å²) < 4.78 is 10.2. The second-order valence-corrected chi connectivity index (χ2v) is 4.55. The van der Waals surface area contributed by atoms with Gasteiger partial charge in [-0.3, -0.25) is 10.1 Å². The van der Waals surface area contributed by atoms with E-state index in [0.717, 1.165) is 0 Å². The second kappa shape index (κ2) is 7.42. The fourth-order valence-electron chi connectivity index (χ4n) is 1.98. The highest BCUT2D eigenvalue weighted by atomic mass is 16.5. The lowest BCUT2D eigenvalue weighted by atomic mass is 10.1. The number of hydrogen-bond donors (Lipinski definition) is 2. The van der Waals surface area contributed by atoms with Crippen molar-refractivity contribution in [2.75, 3.05) is 6.61 Å². The SMILES string of the molecule is CCOC(=O)c1ccc(CN[C@@H](C(=O)O)c2ccccc2)o1. The summed E-state index contributed by atoms with van der Waals surface area (Å²) in [7, 11) is 0. The van der Waals surface area contributed by atoms with E-state index < -0.39 is 18.0 Å². The average molecular weight is 303 g/mol. The molecule has 0 unspecified atom stereocenters. The Morgan fingerprint density at radius 3 is 2.59 bits per heavy atom. The maximum atomic E-state index is 11.5. The lowest BCUT2D eigenvalue weighted by Crippen LogP contribution is -2.27. The minimum Gasteiger partial charge on any atom is -0.480 e. The maximum absolute atomic E-state index is 11.5. The van der Waals surface area contributed by atoms with Crippen molar-refractivity contribution in [1.29, 1.82) is 0 Å². The van der Waals surface area contributed by atoms with Gasteiger partial charge in [0.05, 0.1) is 13.2 Å². The fraction of sp³-hybridized carbons (Fsp3) is 0.250. The predicted octanol–water partition coefficient (Wildman–Crippen LogP) is 2.37. The van der Waals surface area contributed by atoms with Gasteiger partial charge in [0, 0.05) is 0 Å². The summed E-state index contributed by atoms with van der Waals surface area (Å²) in [4.78, 5) is 22.8. The first-order valence-corrected chi connectivity index (χ1v) is 6.88. The highest BCUT2D eigenvalue weighted by Gasteiger charge is 2.20. The molecule has 0 aliphatic rings. The number of carboxylic acids is 1. The van der Waals surface area contributed by atoms with Crippen molar-refractivity contribution >= 4 is 11.9 Å². The number of esters is 1. The van der Waals surface area contributed by atoms with Crippen molar-refractivity contribution in [1.82, 2.24) is 5.32 Å². The molecule has 6 heteroatoms. The molecule has 116 valence electrons. The minimum atomic E-state index is -0.983. The first kappa shape index (κ1) is 15.8. The Bertz CT molecular complexity index is 635. The summed E-state index contributed by atoms with van der Waals surface area (Å²) in [5, 5.41) is 12.2. The molecule has 1 atom stereocenters. The van der Waals surface area contributed by atoms with E-state index in [0.29, 0.717) is 11.3 Å². The Hall–Kier alpha value is -2.60. The van der Waals surface area contributed by atoms with Gasteiger partial charge in [-0.05, 0) is 24.6 Å². The third kappa shape index (κ3) is 3.95. The molecule has 0 aliphatic heterocycles. The van der Waals surface area contributed by atoms with Gasteiger partial charge in [0.2, 0.25) is 5.76 Å². The van der Waals surface area contributed by atoms with Crippen LogP contribution in [0.25, 0.3) is 0 Å². The monoisotopic (exact) mass is 303 g/mol. The van der Waals surface area contributed by atoms with Crippen molar-refractivity contribution in [3.63, 3.8) is 0 Å². The van der Waals surface area contributed by atoms with Crippen molar-refractivity contribution < 1.29 is 23.8 Å². The number of hydrogen-bond acceptors (Lipinski definition) is 5. The summed E-state index contributed by atoms with van der Waals surface area (Å²) >= 11 is 0. The Morgan fingerprint density at radius 2 is 1.95 bits per heavy atom. The van der Waals surface area contributed by atoms with Crippen LogP contribution in [0, 0.1) is 0 Å². The number of carbonyl (C=O) groups is 2. The lowest BCUT2D eigenvalue weighted by molar-refractivity contribution is -0.139. The van der Waals surface area contributed by atoms with Gasteiger partial charge in [-0.1, -0.05) is 30.3 Å². The van der Waals surface area contributed by atoms with Crippen LogP contribution in [0.3, 0.4) is 0 Å². The zero-order chi connectivity index (χ0) is 15.9. The van der Waals surface area contributed by atoms with Gasteiger partial charge >= 0.3 is 11.9 Å². The highest BCUT2D eigenvalue weighted by molar-refractivity contribution is 5.86. The van der Waals surface area contributed by atoms with Gasteiger partial charge in [0.1, 0.15) is 11.8 Å². The highest BCUT2D eigenvalue weighted by Crippen LogP contribution is 2.15. The summed E-state index contributed by atoms with van der Waals surface area (Å²) in [5.74, 6) is -0.953. The van der Waals surface area contributed by atoms with Gasteiger partial charge in [-0.2, -0.15) is 0 Å². The number of furan rings is 1. The van der Waals surface area contributed by atoms with Gasteiger partial charge in [-0.15, -0.1) is 0 Å². The number of rotatable bonds is 7. The molecule has 1 aromatic heterocycles. The quantitative estimate of drug-likeness (QED) is 0.763. The zero-order valence-corrected chi connectivity index (χ0v) is 12.1. The number of nitrogens with one attached hydrogen (secondary N) is 1. The number of ether oxygens (including phenoxy) is 1. The number of carbonyl (C=O) groups excluding carboxylic acids is 1. The molecule has 0 amide bonds. The van der Waals surface area contributed by atoms with E-state index in [1.165, 1.54) is 6.07 Å². The van der Waals surface area contributed by atoms with E-state index >= 15 is 0 Å². The van der Waals surface area contributed by atoms with Crippen molar-refractivity contribution in [2.45, 2.75) is 19.5 Å². The fourth-order valence-corrected chi connectivity index (χ4v) is 1.98. The molecule has 1 heterocycles. The molecule has 2 N–H and O–H groups in total. The molecule has 0 spiro atoms. The largest absolute Gasteiger partial charge is 0.480 e. The number of carboxylic acid groups (broad SMARTS) is 1. The van der Waals surface area contributed by atoms with Crippen molar-refractivity contribution in [3.8, 4) is 0 Å². The Balaban J connectivity index is 2.01. The normalized spacial score (nSPS) is 11.9. The molecular formula is C16H17NO5. The molecule has 0 fully saturated rings. The topological polar surface area (TPSA) is 88.8 Å². The molecule has 0 aliphatic carbocycles. The molecule has 6 nitrogen and oxygen atoms in total. The Morgan fingerprint density at radius 1 is 1.23 bits per heavy atom. The van der Waals surface area contributed by atoms with Gasteiger partial charge in [0.15, 0.2) is 0 Å². The smallest absolute Gasteiger partial charge is 0.374 e. The van der Waals surface area contributed by atoms with Crippen LogP contribution in [0.5, 0.6) is 0 Å². The third-order valence-electron chi connectivity index (χ3n) is 3.00. The summed E-state index contributed by atoms with van der Waals surface area (Å²) in [6.45, 7) is 2.16. The number of aliphatic carboxylic acids is 1. The number of benzene rings is 1. The molecule has 0 bridgehead atoms. The molecule has 2 aromatic rings.